The average molecular weight is 449 g/mol. The molecule has 176 valence electrons. The summed E-state index contributed by atoms with van der Waals surface area (Å²) in [6.07, 6.45) is 2.87. The van der Waals surface area contributed by atoms with Crippen LogP contribution in [0.25, 0.3) is 0 Å². The van der Waals surface area contributed by atoms with Gasteiger partial charge in [0.15, 0.2) is 6.23 Å². The number of hydrogen-bond donors (Lipinski definition) is 1. The van der Waals surface area contributed by atoms with Crippen LogP contribution in [0.3, 0.4) is 0 Å². The van der Waals surface area contributed by atoms with E-state index in [4.69, 9.17) is 4.74 Å². The van der Waals surface area contributed by atoms with Crippen LogP contribution in [-0.4, -0.2) is 46.7 Å². The molecule has 5 rings (SSSR count). The van der Waals surface area contributed by atoms with Gasteiger partial charge in [-0.15, -0.1) is 0 Å². The zero-order valence-electron chi connectivity index (χ0n) is 20.1. The molecule has 3 heterocycles. The number of rotatable bonds is 5. The number of fused-ring (bicyclic) bond motifs is 2. The highest BCUT2D eigenvalue weighted by molar-refractivity contribution is 5.86. The summed E-state index contributed by atoms with van der Waals surface area (Å²) >= 11 is 0. The number of carbonyl (C=O) groups excluding carboxylic acids is 1. The molecule has 0 saturated carbocycles. The van der Waals surface area contributed by atoms with Crippen LogP contribution in [0.5, 0.6) is 5.75 Å². The number of hydrogen-bond acceptors (Lipinski definition) is 4. The van der Waals surface area contributed by atoms with Crippen molar-refractivity contribution in [2.45, 2.75) is 64.8 Å². The predicted molar refractivity (Wildman–Crippen MR) is 129 cm³/mol. The molecule has 0 spiro atoms. The second kappa shape index (κ2) is 8.44. The van der Waals surface area contributed by atoms with Gasteiger partial charge in [-0.1, -0.05) is 61.9 Å². The van der Waals surface area contributed by atoms with Crippen molar-refractivity contribution in [1.29, 1.82) is 0 Å². The molecule has 3 aliphatic rings. The first-order chi connectivity index (χ1) is 15.8. The Morgan fingerprint density at radius 3 is 2.55 bits per heavy atom. The number of piperidine rings is 1. The Kier molecular flexibility index (Phi) is 5.74. The molecule has 2 aromatic carbocycles. The van der Waals surface area contributed by atoms with Gasteiger partial charge in [0.25, 0.3) is 0 Å². The Labute approximate surface area is 197 Å². The molecule has 0 bridgehead atoms. The fourth-order valence-electron chi connectivity index (χ4n) is 6.00. The van der Waals surface area contributed by atoms with Crippen molar-refractivity contribution in [3.05, 3.63) is 65.2 Å². The quantitative estimate of drug-likeness (QED) is 0.734. The van der Waals surface area contributed by atoms with Gasteiger partial charge >= 0.3 is 0 Å². The molecule has 5 nitrogen and oxygen atoms in total. The van der Waals surface area contributed by atoms with Crippen molar-refractivity contribution in [1.82, 2.24) is 9.80 Å². The van der Waals surface area contributed by atoms with Crippen LogP contribution < -0.4 is 4.74 Å². The van der Waals surface area contributed by atoms with Gasteiger partial charge in [-0.05, 0) is 50.3 Å². The van der Waals surface area contributed by atoms with E-state index in [9.17, 15) is 9.90 Å². The lowest BCUT2D eigenvalue weighted by Gasteiger charge is -2.40. The third-order valence-corrected chi connectivity index (χ3v) is 8.37. The number of benzene rings is 2. The maximum absolute atomic E-state index is 13.7. The molecule has 2 atom stereocenters. The van der Waals surface area contributed by atoms with Gasteiger partial charge in [-0.25, -0.2) is 0 Å². The normalized spacial score (nSPS) is 26.8. The summed E-state index contributed by atoms with van der Waals surface area (Å²) in [6, 6.07) is 16.3. The first kappa shape index (κ1) is 22.4. The van der Waals surface area contributed by atoms with Gasteiger partial charge in [0.2, 0.25) is 5.91 Å². The molecular formula is C28H36N2O3. The summed E-state index contributed by atoms with van der Waals surface area (Å²) in [6.45, 7) is 9.65. The molecule has 2 fully saturated rings. The first-order valence-electron chi connectivity index (χ1n) is 12.4. The maximum atomic E-state index is 13.7. The average Bonchev–Trinajstić information content (AvgIpc) is 3.10. The Hall–Kier alpha value is -2.37. The van der Waals surface area contributed by atoms with E-state index in [0.29, 0.717) is 6.54 Å². The largest absolute Gasteiger partial charge is 0.470 e. The van der Waals surface area contributed by atoms with Crippen LogP contribution in [0.4, 0.5) is 0 Å². The Bertz CT molecular complexity index is 1010. The lowest BCUT2D eigenvalue weighted by molar-refractivity contribution is -0.143. The Morgan fingerprint density at radius 2 is 1.85 bits per heavy atom. The molecule has 1 amide bonds. The summed E-state index contributed by atoms with van der Waals surface area (Å²) in [5.41, 5.74) is 2.18. The molecule has 2 saturated heterocycles. The van der Waals surface area contributed by atoms with Gasteiger partial charge in [0.1, 0.15) is 5.75 Å². The third-order valence-electron chi connectivity index (χ3n) is 8.37. The highest BCUT2D eigenvalue weighted by Gasteiger charge is 2.55. The SMILES string of the molecule is Cc1ccc2c(c1)CN1C(=O)C(CCN3CCC(O)(c4ccccc4)CC3)(C(C)C)CC1O2. The zero-order chi connectivity index (χ0) is 23.2. The number of nitrogens with zero attached hydrogens (tertiary/aromatic N) is 2. The first-order valence-corrected chi connectivity index (χ1v) is 12.4. The van der Waals surface area contributed by atoms with Crippen molar-refractivity contribution in [3.8, 4) is 5.75 Å². The van der Waals surface area contributed by atoms with Crippen LogP contribution in [-0.2, 0) is 16.9 Å². The van der Waals surface area contributed by atoms with Crippen molar-refractivity contribution < 1.29 is 14.6 Å². The summed E-state index contributed by atoms with van der Waals surface area (Å²) < 4.78 is 6.31. The van der Waals surface area contributed by atoms with E-state index in [0.717, 1.165) is 62.2 Å². The number of likely N-dealkylation sites (tertiary alicyclic amines) is 1. The van der Waals surface area contributed by atoms with Crippen LogP contribution in [0, 0.1) is 18.3 Å². The van der Waals surface area contributed by atoms with Gasteiger partial charge < -0.3 is 19.6 Å². The van der Waals surface area contributed by atoms with Crippen LogP contribution >= 0.6 is 0 Å². The van der Waals surface area contributed by atoms with E-state index in [-0.39, 0.29) is 18.1 Å². The summed E-state index contributed by atoms with van der Waals surface area (Å²) in [5.74, 6) is 1.41. The van der Waals surface area contributed by atoms with E-state index in [1.54, 1.807) is 0 Å². The second-order valence-corrected chi connectivity index (χ2v) is 10.6. The Morgan fingerprint density at radius 1 is 1.12 bits per heavy atom. The summed E-state index contributed by atoms with van der Waals surface area (Å²) in [7, 11) is 0. The van der Waals surface area contributed by atoms with E-state index < -0.39 is 11.0 Å². The van der Waals surface area contributed by atoms with Crippen LogP contribution in [0.2, 0.25) is 0 Å². The number of amides is 1. The third kappa shape index (κ3) is 3.95. The monoisotopic (exact) mass is 448 g/mol. The molecule has 2 unspecified atom stereocenters. The van der Waals surface area contributed by atoms with Gasteiger partial charge in [0.05, 0.1) is 17.6 Å². The van der Waals surface area contributed by atoms with Gasteiger partial charge in [-0.2, -0.15) is 0 Å². The molecule has 0 aliphatic carbocycles. The second-order valence-electron chi connectivity index (χ2n) is 10.6. The summed E-state index contributed by atoms with van der Waals surface area (Å²) in [5, 5.41) is 11.2. The van der Waals surface area contributed by atoms with Crippen molar-refractivity contribution in [2.75, 3.05) is 19.6 Å². The molecule has 1 N–H and O–H groups in total. The minimum atomic E-state index is -0.741. The summed E-state index contributed by atoms with van der Waals surface area (Å²) in [4.78, 5) is 18.1. The fraction of sp³-hybridized carbons (Fsp3) is 0.536. The van der Waals surface area contributed by atoms with Crippen molar-refractivity contribution in [3.63, 3.8) is 0 Å². The van der Waals surface area contributed by atoms with Gasteiger partial charge in [-0.3, -0.25) is 4.79 Å². The lowest BCUT2D eigenvalue weighted by atomic mass is 9.72. The molecule has 3 aliphatic heterocycles. The molecule has 33 heavy (non-hydrogen) atoms. The molecule has 5 heteroatoms. The molecular weight excluding hydrogens is 412 g/mol. The van der Waals surface area contributed by atoms with E-state index in [2.05, 4.69) is 37.8 Å². The van der Waals surface area contributed by atoms with Crippen molar-refractivity contribution >= 4 is 5.91 Å². The number of carbonyl (C=O) groups is 1. The number of aliphatic hydroxyl groups is 1. The highest BCUT2D eigenvalue weighted by Crippen LogP contribution is 2.48. The standard InChI is InChI=1S/C28H36N2O3/c1-20(2)27(11-14-29-15-12-28(32,13-16-29)23-7-5-4-6-8-23)18-25-30(26(27)31)19-22-17-21(3)9-10-24(22)33-25/h4-10,17,20,25,32H,11-16,18-19H2,1-3H3. The molecule has 2 aromatic rings. The number of aryl methyl sites for hydroxylation is 1. The van der Waals surface area contributed by atoms with E-state index in [1.165, 1.54) is 5.56 Å². The van der Waals surface area contributed by atoms with Gasteiger partial charge in [0, 0.05) is 25.1 Å². The van der Waals surface area contributed by atoms with E-state index in [1.807, 2.05) is 41.3 Å². The minimum Gasteiger partial charge on any atom is -0.470 e. The topological polar surface area (TPSA) is 53.0 Å². The smallest absolute Gasteiger partial charge is 0.232 e. The zero-order valence-corrected chi connectivity index (χ0v) is 20.1. The van der Waals surface area contributed by atoms with E-state index >= 15 is 0 Å². The highest BCUT2D eigenvalue weighted by atomic mass is 16.5. The Balaban J connectivity index is 1.26. The molecule has 0 radical (unpaired) electrons. The minimum absolute atomic E-state index is 0.167. The molecule has 0 aromatic heterocycles. The maximum Gasteiger partial charge on any atom is 0.232 e. The van der Waals surface area contributed by atoms with Crippen LogP contribution in [0.15, 0.2) is 48.5 Å². The number of ether oxygens (including phenoxy) is 1. The lowest BCUT2D eigenvalue weighted by Crippen LogP contribution is -2.46. The predicted octanol–water partition coefficient (Wildman–Crippen LogP) is 4.46. The fourth-order valence-corrected chi connectivity index (χ4v) is 6.00. The van der Waals surface area contributed by atoms with Crippen LogP contribution in [0.1, 0.15) is 56.2 Å². The van der Waals surface area contributed by atoms with Crippen molar-refractivity contribution in [2.24, 2.45) is 11.3 Å².